The predicted octanol–water partition coefficient (Wildman–Crippen LogP) is 4.28. The molecular weight excluding hydrogens is 234 g/mol. The van der Waals surface area contributed by atoms with E-state index in [0.717, 1.165) is 19.8 Å². The Bertz CT molecular complexity index is 332. The fraction of sp³-hybridized carbons (Fsp3) is 0.647. The standard InChI is InChI=1S/C17H29NO/c1-4-9-17(10-5-2)18-13-15-11-7-8-12-16(15)14-19-6-3/h7-8,11-12,17-18H,4-6,9-10,13-14H2,1-3H3. The zero-order chi connectivity index (χ0) is 13.9. The Morgan fingerprint density at radius 3 is 2.21 bits per heavy atom. The maximum atomic E-state index is 5.53. The van der Waals surface area contributed by atoms with Gasteiger partial charge < -0.3 is 10.1 Å². The van der Waals surface area contributed by atoms with E-state index in [9.17, 15) is 0 Å². The monoisotopic (exact) mass is 263 g/mol. The van der Waals surface area contributed by atoms with Crippen LogP contribution in [0.1, 0.15) is 57.6 Å². The molecule has 2 heteroatoms. The average Bonchev–Trinajstić information content (AvgIpc) is 2.44. The van der Waals surface area contributed by atoms with Gasteiger partial charge in [0.15, 0.2) is 0 Å². The normalized spacial score (nSPS) is 11.2. The Morgan fingerprint density at radius 2 is 1.63 bits per heavy atom. The minimum absolute atomic E-state index is 0.648. The summed E-state index contributed by atoms with van der Waals surface area (Å²) in [4.78, 5) is 0. The minimum atomic E-state index is 0.648. The maximum Gasteiger partial charge on any atom is 0.0719 e. The Labute approximate surface area is 118 Å². The van der Waals surface area contributed by atoms with Crippen LogP contribution in [0.15, 0.2) is 24.3 Å². The number of rotatable bonds is 10. The summed E-state index contributed by atoms with van der Waals surface area (Å²) >= 11 is 0. The van der Waals surface area contributed by atoms with Gasteiger partial charge in [-0.2, -0.15) is 0 Å². The van der Waals surface area contributed by atoms with Crippen LogP contribution in [-0.4, -0.2) is 12.6 Å². The lowest BCUT2D eigenvalue weighted by atomic mass is 10.0. The largest absolute Gasteiger partial charge is 0.377 e. The number of hydrogen-bond acceptors (Lipinski definition) is 2. The van der Waals surface area contributed by atoms with Crippen molar-refractivity contribution in [1.82, 2.24) is 5.32 Å². The second kappa shape index (κ2) is 9.99. The Kier molecular flexibility index (Phi) is 8.52. The third kappa shape index (κ3) is 6.22. The van der Waals surface area contributed by atoms with E-state index in [1.807, 2.05) is 6.92 Å². The second-order valence-corrected chi connectivity index (χ2v) is 5.06. The van der Waals surface area contributed by atoms with Crippen LogP contribution >= 0.6 is 0 Å². The van der Waals surface area contributed by atoms with Gasteiger partial charge in [-0.05, 0) is 30.9 Å². The zero-order valence-electron chi connectivity index (χ0n) is 12.7. The molecule has 0 radical (unpaired) electrons. The Balaban J connectivity index is 2.54. The molecule has 0 aliphatic rings. The highest BCUT2D eigenvalue weighted by atomic mass is 16.5. The molecule has 108 valence electrons. The highest BCUT2D eigenvalue weighted by Gasteiger charge is 2.07. The summed E-state index contributed by atoms with van der Waals surface area (Å²) < 4.78 is 5.53. The van der Waals surface area contributed by atoms with Gasteiger partial charge in [-0.15, -0.1) is 0 Å². The molecule has 0 fully saturated rings. The average molecular weight is 263 g/mol. The summed E-state index contributed by atoms with van der Waals surface area (Å²) in [6, 6.07) is 9.22. The first-order valence-electron chi connectivity index (χ1n) is 7.69. The quantitative estimate of drug-likeness (QED) is 0.680. The van der Waals surface area contributed by atoms with Gasteiger partial charge >= 0.3 is 0 Å². The summed E-state index contributed by atoms with van der Waals surface area (Å²) in [5, 5.41) is 3.70. The third-order valence-electron chi connectivity index (χ3n) is 3.44. The van der Waals surface area contributed by atoms with Crippen LogP contribution in [0, 0.1) is 0 Å². The number of hydrogen-bond donors (Lipinski definition) is 1. The fourth-order valence-corrected chi connectivity index (χ4v) is 2.38. The van der Waals surface area contributed by atoms with E-state index >= 15 is 0 Å². The van der Waals surface area contributed by atoms with Crippen molar-refractivity contribution in [2.45, 2.75) is 65.6 Å². The number of ether oxygens (including phenoxy) is 1. The number of nitrogens with one attached hydrogen (secondary N) is 1. The topological polar surface area (TPSA) is 21.3 Å². The molecule has 19 heavy (non-hydrogen) atoms. The van der Waals surface area contributed by atoms with E-state index in [1.165, 1.54) is 36.8 Å². The van der Waals surface area contributed by atoms with Gasteiger partial charge in [0.25, 0.3) is 0 Å². The van der Waals surface area contributed by atoms with E-state index in [2.05, 4.69) is 43.4 Å². The Morgan fingerprint density at radius 1 is 1.00 bits per heavy atom. The molecule has 0 heterocycles. The van der Waals surface area contributed by atoms with E-state index < -0.39 is 0 Å². The first-order valence-corrected chi connectivity index (χ1v) is 7.69. The van der Waals surface area contributed by atoms with Gasteiger partial charge in [-0.3, -0.25) is 0 Å². The van der Waals surface area contributed by atoms with Crippen molar-refractivity contribution >= 4 is 0 Å². The summed E-state index contributed by atoms with van der Waals surface area (Å²) in [6.07, 6.45) is 5.03. The molecule has 2 nitrogen and oxygen atoms in total. The maximum absolute atomic E-state index is 5.53. The Hall–Kier alpha value is -0.860. The van der Waals surface area contributed by atoms with Crippen molar-refractivity contribution in [1.29, 1.82) is 0 Å². The van der Waals surface area contributed by atoms with Crippen molar-refractivity contribution < 1.29 is 4.74 Å². The van der Waals surface area contributed by atoms with Crippen LogP contribution in [0.4, 0.5) is 0 Å². The van der Waals surface area contributed by atoms with Crippen LogP contribution < -0.4 is 5.32 Å². The molecule has 0 saturated heterocycles. The predicted molar refractivity (Wildman–Crippen MR) is 82.2 cm³/mol. The molecule has 0 aliphatic carbocycles. The van der Waals surface area contributed by atoms with Crippen LogP contribution in [0.25, 0.3) is 0 Å². The van der Waals surface area contributed by atoms with E-state index in [4.69, 9.17) is 4.74 Å². The van der Waals surface area contributed by atoms with Gasteiger partial charge in [-0.25, -0.2) is 0 Å². The molecule has 1 N–H and O–H groups in total. The lowest BCUT2D eigenvalue weighted by Gasteiger charge is -2.18. The van der Waals surface area contributed by atoms with Crippen LogP contribution in [0.2, 0.25) is 0 Å². The molecular formula is C17H29NO. The number of benzene rings is 1. The molecule has 0 aromatic heterocycles. The zero-order valence-corrected chi connectivity index (χ0v) is 12.7. The first kappa shape index (κ1) is 16.2. The van der Waals surface area contributed by atoms with Gasteiger partial charge in [0, 0.05) is 19.2 Å². The summed E-state index contributed by atoms with van der Waals surface area (Å²) in [5.41, 5.74) is 2.68. The second-order valence-electron chi connectivity index (χ2n) is 5.06. The van der Waals surface area contributed by atoms with Crippen LogP contribution in [-0.2, 0) is 17.9 Å². The molecule has 1 rings (SSSR count). The molecule has 0 saturated carbocycles. The molecule has 0 spiro atoms. The minimum Gasteiger partial charge on any atom is -0.377 e. The summed E-state index contributed by atoms with van der Waals surface area (Å²) in [6.45, 7) is 9.00. The van der Waals surface area contributed by atoms with E-state index in [0.29, 0.717) is 6.04 Å². The summed E-state index contributed by atoms with van der Waals surface area (Å²) in [5.74, 6) is 0. The SMILES string of the molecule is CCCC(CCC)NCc1ccccc1COCC. The molecule has 1 aromatic rings. The van der Waals surface area contributed by atoms with Crippen molar-refractivity contribution in [3.05, 3.63) is 35.4 Å². The van der Waals surface area contributed by atoms with Gasteiger partial charge in [0.2, 0.25) is 0 Å². The first-order chi connectivity index (χ1) is 9.31. The molecule has 0 unspecified atom stereocenters. The lowest BCUT2D eigenvalue weighted by Crippen LogP contribution is -2.28. The van der Waals surface area contributed by atoms with Crippen molar-refractivity contribution in [3.63, 3.8) is 0 Å². The third-order valence-corrected chi connectivity index (χ3v) is 3.44. The van der Waals surface area contributed by atoms with E-state index in [-0.39, 0.29) is 0 Å². The lowest BCUT2D eigenvalue weighted by molar-refractivity contribution is 0.133. The smallest absolute Gasteiger partial charge is 0.0719 e. The fourth-order valence-electron chi connectivity index (χ4n) is 2.38. The molecule has 0 aliphatic heterocycles. The molecule has 0 amide bonds. The summed E-state index contributed by atoms with van der Waals surface area (Å²) in [7, 11) is 0. The van der Waals surface area contributed by atoms with Gasteiger partial charge in [0.1, 0.15) is 0 Å². The molecule has 1 aromatic carbocycles. The highest BCUT2D eigenvalue weighted by Crippen LogP contribution is 2.12. The highest BCUT2D eigenvalue weighted by molar-refractivity contribution is 5.26. The van der Waals surface area contributed by atoms with Crippen LogP contribution in [0.5, 0.6) is 0 Å². The molecule has 0 atom stereocenters. The molecule has 0 bridgehead atoms. The van der Waals surface area contributed by atoms with Crippen molar-refractivity contribution in [2.24, 2.45) is 0 Å². The van der Waals surface area contributed by atoms with Gasteiger partial charge in [-0.1, -0.05) is 51.0 Å². The van der Waals surface area contributed by atoms with E-state index in [1.54, 1.807) is 0 Å². The van der Waals surface area contributed by atoms with Gasteiger partial charge in [0.05, 0.1) is 6.61 Å². The van der Waals surface area contributed by atoms with Crippen molar-refractivity contribution in [2.75, 3.05) is 6.61 Å². The van der Waals surface area contributed by atoms with Crippen molar-refractivity contribution in [3.8, 4) is 0 Å². The van der Waals surface area contributed by atoms with Crippen LogP contribution in [0.3, 0.4) is 0 Å².